The molecule has 0 amide bonds. The van der Waals surface area contributed by atoms with E-state index in [0.29, 0.717) is 11.1 Å². The second kappa shape index (κ2) is 11.4. The molecule has 0 atom stereocenters. The molecule has 2 aromatic carbocycles. The Labute approximate surface area is 244 Å². The van der Waals surface area contributed by atoms with Gasteiger partial charge < -0.3 is 10.6 Å². The number of Topliss-reactive ketones (excluding diaryl/α,β-unsaturated/α-hetero) is 1. The molecule has 5 aromatic rings. The molecular weight excluding hydrogens is 557 g/mol. The zero-order valence-corrected chi connectivity index (χ0v) is 23.4. The summed E-state index contributed by atoms with van der Waals surface area (Å²) in [7, 11) is 1.74. The van der Waals surface area contributed by atoms with Crippen molar-refractivity contribution in [1.82, 2.24) is 19.3 Å². The zero-order valence-electron chi connectivity index (χ0n) is 23.4. The molecule has 43 heavy (non-hydrogen) atoms. The first-order valence-corrected chi connectivity index (χ1v) is 13.2. The van der Waals surface area contributed by atoms with Crippen LogP contribution in [0.3, 0.4) is 0 Å². The topological polar surface area (TPSA) is 100 Å². The molecule has 0 spiro atoms. The number of ketones is 1. The fourth-order valence-electron chi connectivity index (χ4n) is 4.82. The van der Waals surface area contributed by atoms with Crippen molar-refractivity contribution in [1.29, 1.82) is 0 Å². The predicted molar refractivity (Wildman–Crippen MR) is 157 cm³/mol. The number of nitrogens with two attached hydrogens (primary N) is 1. The Morgan fingerprint density at radius 2 is 1.70 bits per heavy atom. The number of halogens is 3. The first-order valence-electron chi connectivity index (χ1n) is 13.2. The Balaban J connectivity index is 1.55. The number of hydrogen-bond donors (Lipinski definition) is 1. The molecule has 0 unspecified atom stereocenters. The van der Waals surface area contributed by atoms with Crippen molar-refractivity contribution < 1.29 is 18.0 Å². The Kier molecular flexibility index (Phi) is 7.70. The minimum absolute atomic E-state index is 0.0165. The van der Waals surface area contributed by atoms with Gasteiger partial charge in [-0.3, -0.25) is 18.8 Å². The number of nitrogens with zero attached hydrogens (tertiary/aromatic N) is 5. The van der Waals surface area contributed by atoms with Crippen molar-refractivity contribution in [3.63, 3.8) is 0 Å². The standard InChI is InChI=1S/C32H25F3N6O2/c1-17(2)41-16-25(30(43)29(32(41)37-3)18-5-7-22(33)8-6-18)28(42)11-19-10-27(35)23(12-26(19)34)24-9-20(13-38-31(24)36)21-14-39-40(4)15-21/h5-10,12-17H,11H2,1-2,4H3,(H2,36,38). The van der Waals surface area contributed by atoms with Crippen LogP contribution < -0.4 is 11.2 Å². The molecule has 0 aliphatic heterocycles. The van der Waals surface area contributed by atoms with Crippen LogP contribution in [0.15, 0.2) is 72.0 Å². The fraction of sp³-hybridized carbons (Fsp3) is 0.156. The number of anilines is 1. The summed E-state index contributed by atoms with van der Waals surface area (Å²) in [5.41, 5.74) is 6.17. The lowest BCUT2D eigenvalue weighted by Gasteiger charge is -2.16. The molecule has 216 valence electrons. The Morgan fingerprint density at radius 1 is 0.977 bits per heavy atom. The van der Waals surface area contributed by atoms with Gasteiger partial charge >= 0.3 is 0 Å². The molecule has 0 fully saturated rings. The molecular formula is C32H25F3N6O2. The maximum absolute atomic E-state index is 15.4. The number of nitrogen functional groups attached to an aromatic ring is 1. The summed E-state index contributed by atoms with van der Waals surface area (Å²) in [4.78, 5) is 34.6. The van der Waals surface area contributed by atoms with Gasteiger partial charge in [-0.25, -0.2) is 18.2 Å². The van der Waals surface area contributed by atoms with Crippen LogP contribution >= 0.6 is 0 Å². The average Bonchev–Trinajstić information content (AvgIpc) is 3.41. The maximum atomic E-state index is 15.4. The van der Waals surface area contributed by atoms with Gasteiger partial charge in [0.2, 0.25) is 5.82 Å². The number of carbonyl (C=O) groups excluding carboxylic acids is 1. The third-order valence-electron chi connectivity index (χ3n) is 7.04. The number of rotatable bonds is 7. The third kappa shape index (κ3) is 5.55. The van der Waals surface area contributed by atoms with Crippen LogP contribution in [0.4, 0.5) is 24.8 Å². The van der Waals surface area contributed by atoms with Gasteiger partial charge in [-0.05, 0) is 55.3 Å². The number of pyridine rings is 2. The summed E-state index contributed by atoms with van der Waals surface area (Å²) in [5.74, 6) is -3.06. The van der Waals surface area contributed by atoms with Crippen LogP contribution in [0.2, 0.25) is 0 Å². The summed E-state index contributed by atoms with van der Waals surface area (Å²) >= 11 is 0. The van der Waals surface area contributed by atoms with E-state index < -0.39 is 35.1 Å². The number of hydrogen-bond acceptors (Lipinski definition) is 5. The second-order valence-electron chi connectivity index (χ2n) is 10.3. The maximum Gasteiger partial charge on any atom is 0.241 e. The van der Waals surface area contributed by atoms with Gasteiger partial charge in [0, 0.05) is 48.1 Å². The second-order valence-corrected chi connectivity index (χ2v) is 10.3. The van der Waals surface area contributed by atoms with Crippen molar-refractivity contribution in [2.45, 2.75) is 26.3 Å². The summed E-state index contributed by atoms with van der Waals surface area (Å²) in [6, 6.07) is 8.06. The Bertz CT molecular complexity index is 1990. The molecule has 11 heteroatoms. The van der Waals surface area contributed by atoms with E-state index in [-0.39, 0.29) is 51.1 Å². The fourth-order valence-corrected chi connectivity index (χ4v) is 4.82. The van der Waals surface area contributed by atoms with Crippen LogP contribution in [-0.4, -0.2) is 25.1 Å². The first-order chi connectivity index (χ1) is 20.5. The molecule has 0 bridgehead atoms. The lowest BCUT2D eigenvalue weighted by atomic mass is 9.96. The van der Waals surface area contributed by atoms with E-state index in [4.69, 9.17) is 12.3 Å². The molecule has 5 rings (SSSR count). The minimum Gasteiger partial charge on any atom is -0.383 e. The van der Waals surface area contributed by atoms with Crippen LogP contribution in [0.1, 0.15) is 35.8 Å². The normalized spacial score (nSPS) is 11.1. The van der Waals surface area contributed by atoms with Crippen molar-refractivity contribution in [3.05, 3.63) is 117 Å². The molecule has 8 nitrogen and oxygen atoms in total. The van der Waals surface area contributed by atoms with E-state index in [0.717, 1.165) is 24.3 Å². The lowest BCUT2D eigenvalue weighted by Crippen LogP contribution is -2.22. The third-order valence-corrected chi connectivity index (χ3v) is 7.04. The Hall–Kier alpha value is -5.50. The van der Waals surface area contributed by atoms with Crippen molar-refractivity contribution >= 4 is 17.4 Å². The molecule has 3 heterocycles. The van der Waals surface area contributed by atoms with E-state index in [2.05, 4.69) is 14.9 Å². The number of aryl methyl sites for hydroxylation is 1. The molecule has 0 radical (unpaired) electrons. The van der Waals surface area contributed by atoms with Gasteiger partial charge in [0.05, 0.1) is 24.0 Å². The molecule has 0 aliphatic rings. The average molecular weight is 583 g/mol. The van der Waals surface area contributed by atoms with Crippen molar-refractivity contribution in [3.8, 4) is 33.4 Å². The van der Waals surface area contributed by atoms with Crippen LogP contribution in [0.5, 0.6) is 0 Å². The molecule has 0 aliphatic carbocycles. The molecule has 2 N–H and O–H groups in total. The number of benzene rings is 2. The van der Waals surface area contributed by atoms with E-state index in [1.807, 2.05) is 0 Å². The van der Waals surface area contributed by atoms with E-state index in [9.17, 15) is 14.0 Å². The van der Waals surface area contributed by atoms with Gasteiger partial charge in [-0.1, -0.05) is 18.7 Å². The van der Waals surface area contributed by atoms with Crippen LogP contribution in [0, 0.1) is 24.0 Å². The highest BCUT2D eigenvalue weighted by atomic mass is 19.1. The highest BCUT2D eigenvalue weighted by Gasteiger charge is 2.25. The van der Waals surface area contributed by atoms with Crippen LogP contribution in [0.25, 0.3) is 38.2 Å². The number of aromatic nitrogens is 4. The molecule has 3 aromatic heterocycles. The summed E-state index contributed by atoms with van der Waals surface area (Å²) < 4.78 is 47.5. The highest BCUT2D eigenvalue weighted by Crippen LogP contribution is 2.34. The number of carbonyl (C=O) groups is 1. The summed E-state index contributed by atoms with van der Waals surface area (Å²) in [6.45, 7) is 11.2. The van der Waals surface area contributed by atoms with E-state index >= 15 is 8.78 Å². The van der Waals surface area contributed by atoms with Gasteiger partial charge in [0.25, 0.3) is 0 Å². The summed E-state index contributed by atoms with van der Waals surface area (Å²) in [6.07, 6.45) is 5.47. The monoisotopic (exact) mass is 582 g/mol. The van der Waals surface area contributed by atoms with Gasteiger partial charge in [0.15, 0.2) is 11.2 Å². The van der Waals surface area contributed by atoms with Gasteiger partial charge in [-0.2, -0.15) is 5.10 Å². The smallest absolute Gasteiger partial charge is 0.241 e. The summed E-state index contributed by atoms with van der Waals surface area (Å²) in [5, 5.41) is 4.11. The SMILES string of the molecule is [C-]#[N+]c1c(-c2ccc(F)cc2)c(=O)c(C(=O)Cc2cc(F)c(-c3cc(-c4cnn(C)c4)cnc3N)cc2F)cn1C(C)C. The van der Waals surface area contributed by atoms with Crippen molar-refractivity contribution in [2.75, 3.05) is 5.73 Å². The lowest BCUT2D eigenvalue weighted by molar-refractivity contribution is 0.0990. The highest BCUT2D eigenvalue weighted by molar-refractivity contribution is 5.99. The van der Waals surface area contributed by atoms with Gasteiger partial charge in [0.1, 0.15) is 28.8 Å². The molecule has 0 saturated heterocycles. The first kappa shape index (κ1) is 29.0. The van der Waals surface area contributed by atoms with Gasteiger partial charge in [-0.15, -0.1) is 0 Å². The Morgan fingerprint density at radius 3 is 2.33 bits per heavy atom. The predicted octanol–water partition coefficient (Wildman–Crippen LogP) is 6.53. The quantitative estimate of drug-likeness (QED) is 0.174. The van der Waals surface area contributed by atoms with Crippen LogP contribution in [-0.2, 0) is 13.5 Å². The van der Waals surface area contributed by atoms with E-state index in [1.54, 1.807) is 44.0 Å². The molecule has 0 saturated carbocycles. The zero-order chi connectivity index (χ0) is 31.0. The largest absolute Gasteiger partial charge is 0.383 e. The minimum atomic E-state index is -0.878. The van der Waals surface area contributed by atoms with Crippen molar-refractivity contribution in [2.24, 2.45) is 7.05 Å². The van der Waals surface area contributed by atoms with E-state index in [1.165, 1.54) is 29.1 Å².